The largest absolute Gasteiger partial charge is 0.378 e. The molecule has 2 rings (SSSR count). The van der Waals surface area contributed by atoms with Crippen molar-refractivity contribution in [2.24, 2.45) is 0 Å². The van der Waals surface area contributed by atoms with Gasteiger partial charge in [0.05, 0.1) is 11.1 Å². The van der Waals surface area contributed by atoms with Crippen molar-refractivity contribution in [2.75, 3.05) is 5.32 Å². The zero-order valence-electron chi connectivity index (χ0n) is 10.4. The van der Waals surface area contributed by atoms with Gasteiger partial charge in [0, 0.05) is 16.8 Å². The van der Waals surface area contributed by atoms with E-state index in [1.807, 2.05) is 0 Å². The van der Waals surface area contributed by atoms with E-state index >= 15 is 0 Å². The second kappa shape index (κ2) is 5.94. The highest BCUT2D eigenvalue weighted by Crippen LogP contribution is 2.30. The Kier molecular flexibility index (Phi) is 4.45. The van der Waals surface area contributed by atoms with Crippen LogP contribution < -0.4 is 5.32 Å². The van der Waals surface area contributed by atoms with Gasteiger partial charge in [0.2, 0.25) is 0 Å². The first-order valence-electron chi connectivity index (χ1n) is 5.74. The maximum Gasteiger partial charge on any atom is 0.142 e. The first kappa shape index (κ1) is 15.0. The molecule has 0 bridgehead atoms. The second-order valence-electron chi connectivity index (χ2n) is 4.31. The Morgan fingerprint density at radius 1 is 0.900 bits per heavy atom. The number of rotatable bonds is 3. The molecule has 106 valence electrons. The van der Waals surface area contributed by atoms with Crippen molar-refractivity contribution in [3.8, 4) is 0 Å². The van der Waals surface area contributed by atoms with E-state index in [1.54, 1.807) is 6.92 Å². The molecule has 1 unspecified atom stereocenters. The van der Waals surface area contributed by atoms with Gasteiger partial charge < -0.3 is 5.32 Å². The molecule has 0 amide bonds. The summed E-state index contributed by atoms with van der Waals surface area (Å²) < 4.78 is 39.6. The van der Waals surface area contributed by atoms with Crippen molar-refractivity contribution in [2.45, 2.75) is 13.0 Å². The molecule has 0 saturated carbocycles. The Bertz CT molecular complexity index is 626. The first-order valence-corrected chi connectivity index (χ1v) is 6.49. The van der Waals surface area contributed by atoms with Crippen molar-refractivity contribution in [1.29, 1.82) is 0 Å². The third-order valence-electron chi connectivity index (χ3n) is 2.75. The summed E-state index contributed by atoms with van der Waals surface area (Å²) in [6, 6.07) is 5.08. The third-order valence-corrected chi connectivity index (χ3v) is 3.37. The van der Waals surface area contributed by atoms with Crippen LogP contribution in [0.1, 0.15) is 18.5 Å². The van der Waals surface area contributed by atoms with Crippen LogP contribution >= 0.6 is 23.2 Å². The van der Waals surface area contributed by atoms with Crippen molar-refractivity contribution in [3.63, 3.8) is 0 Å². The second-order valence-corrected chi connectivity index (χ2v) is 5.13. The molecule has 20 heavy (non-hydrogen) atoms. The number of nitrogens with one attached hydrogen (secondary N) is 1. The van der Waals surface area contributed by atoms with E-state index in [4.69, 9.17) is 23.2 Å². The number of anilines is 1. The Morgan fingerprint density at radius 3 is 2.10 bits per heavy atom. The number of halogens is 5. The SMILES string of the molecule is CC(Nc1cc(F)cc(F)c1)c1cc(F)c(Cl)cc1Cl. The van der Waals surface area contributed by atoms with Crippen molar-refractivity contribution >= 4 is 28.9 Å². The highest BCUT2D eigenvalue weighted by molar-refractivity contribution is 6.35. The molecule has 0 fully saturated rings. The van der Waals surface area contributed by atoms with E-state index in [-0.39, 0.29) is 15.7 Å². The molecule has 0 spiro atoms. The summed E-state index contributed by atoms with van der Waals surface area (Å²) in [4.78, 5) is 0. The Labute approximate surface area is 124 Å². The van der Waals surface area contributed by atoms with Gasteiger partial charge in [0.1, 0.15) is 17.5 Å². The van der Waals surface area contributed by atoms with Gasteiger partial charge in [-0.25, -0.2) is 13.2 Å². The highest BCUT2D eigenvalue weighted by atomic mass is 35.5. The lowest BCUT2D eigenvalue weighted by molar-refractivity contribution is 0.583. The van der Waals surface area contributed by atoms with E-state index in [0.29, 0.717) is 5.56 Å². The average Bonchev–Trinajstić information content (AvgIpc) is 2.32. The maximum absolute atomic E-state index is 13.4. The van der Waals surface area contributed by atoms with Crippen molar-refractivity contribution in [1.82, 2.24) is 0 Å². The standard InChI is InChI=1S/C14H10Cl2F3N/c1-7(11-5-14(19)13(16)6-12(11)15)20-10-3-8(17)2-9(18)4-10/h2-7,20H,1H3. The van der Waals surface area contributed by atoms with Gasteiger partial charge >= 0.3 is 0 Å². The smallest absolute Gasteiger partial charge is 0.142 e. The third kappa shape index (κ3) is 3.38. The summed E-state index contributed by atoms with van der Waals surface area (Å²) in [7, 11) is 0. The van der Waals surface area contributed by atoms with Crippen LogP contribution in [0.3, 0.4) is 0 Å². The van der Waals surface area contributed by atoms with E-state index in [0.717, 1.165) is 18.2 Å². The molecule has 1 N–H and O–H groups in total. The quantitative estimate of drug-likeness (QED) is 0.728. The minimum atomic E-state index is -0.701. The Morgan fingerprint density at radius 2 is 1.50 bits per heavy atom. The van der Waals surface area contributed by atoms with Gasteiger partial charge in [-0.2, -0.15) is 0 Å². The van der Waals surface area contributed by atoms with Gasteiger partial charge in [-0.15, -0.1) is 0 Å². The van der Waals surface area contributed by atoms with Gasteiger partial charge in [0.15, 0.2) is 0 Å². The van der Waals surface area contributed by atoms with Crippen LogP contribution in [0.5, 0.6) is 0 Å². The predicted molar refractivity (Wildman–Crippen MR) is 74.8 cm³/mol. The van der Waals surface area contributed by atoms with Gasteiger partial charge in [-0.05, 0) is 36.8 Å². The summed E-state index contributed by atoms with van der Waals surface area (Å²) in [5, 5.41) is 3.04. The Balaban J connectivity index is 2.28. The molecule has 0 aliphatic carbocycles. The van der Waals surface area contributed by atoms with Crippen molar-refractivity contribution in [3.05, 3.63) is 63.4 Å². The zero-order valence-corrected chi connectivity index (χ0v) is 11.9. The lowest BCUT2D eigenvalue weighted by Gasteiger charge is -2.17. The molecule has 2 aromatic rings. The molecule has 6 heteroatoms. The van der Waals surface area contributed by atoms with E-state index in [2.05, 4.69) is 5.32 Å². The fraction of sp³-hybridized carbons (Fsp3) is 0.143. The predicted octanol–water partition coefficient (Wildman–Crippen LogP) is 5.58. The van der Waals surface area contributed by atoms with Crippen molar-refractivity contribution < 1.29 is 13.2 Å². The number of hydrogen-bond acceptors (Lipinski definition) is 1. The number of hydrogen-bond donors (Lipinski definition) is 1. The monoisotopic (exact) mass is 319 g/mol. The van der Waals surface area contributed by atoms with Crippen LogP contribution in [-0.4, -0.2) is 0 Å². The fourth-order valence-corrected chi connectivity index (χ4v) is 2.38. The molecule has 1 atom stereocenters. The van der Waals surface area contributed by atoms with E-state index < -0.39 is 23.5 Å². The summed E-state index contributed by atoms with van der Waals surface area (Å²) in [6.45, 7) is 1.69. The molecule has 0 aromatic heterocycles. The van der Waals surface area contributed by atoms with Crippen LogP contribution in [0.25, 0.3) is 0 Å². The molecule has 1 nitrogen and oxygen atoms in total. The normalized spacial score (nSPS) is 12.3. The fourth-order valence-electron chi connectivity index (χ4n) is 1.83. The summed E-state index contributed by atoms with van der Waals surface area (Å²) in [5.74, 6) is -2.01. The minimum Gasteiger partial charge on any atom is -0.378 e. The first-order chi connectivity index (χ1) is 9.36. The van der Waals surface area contributed by atoms with Crippen LogP contribution in [0.4, 0.5) is 18.9 Å². The molecule has 0 aliphatic heterocycles. The Hall–Kier alpha value is -1.39. The van der Waals surface area contributed by atoms with Gasteiger partial charge in [-0.1, -0.05) is 23.2 Å². The molecule has 0 aliphatic rings. The van der Waals surface area contributed by atoms with E-state index in [9.17, 15) is 13.2 Å². The van der Waals surface area contributed by atoms with Crippen LogP contribution in [0.15, 0.2) is 30.3 Å². The van der Waals surface area contributed by atoms with Gasteiger partial charge in [0.25, 0.3) is 0 Å². The zero-order chi connectivity index (χ0) is 14.9. The van der Waals surface area contributed by atoms with Crippen LogP contribution in [0.2, 0.25) is 10.0 Å². The molecular formula is C14H10Cl2F3N. The molecular weight excluding hydrogens is 310 g/mol. The summed E-state index contributed by atoms with van der Waals surface area (Å²) >= 11 is 11.6. The molecule has 0 heterocycles. The van der Waals surface area contributed by atoms with E-state index in [1.165, 1.54) is 12.1 Å². The highest BCUT2D eigenvalue weighted by Gasteiger charge is 2.14. The topological polar surface area (TPSA) is 12.0 Å². The van der Waals surface area contributed by atoms with Crippen LogP contribution in [-0.2, 0) is 0 Å². The lowest BCUT2D eigenvalue weighted by atomic mass is 10.1. The van der Waals surface area contributed by atoms with Gasteiger partial charge in [-0.3, -0.25) is 0 Å². The molecule has 0 saturated heterocycles. The molecule has 2 aromatic carbocycles. The minimum absolute atomic E-state index is 0.0808. The summed E-state index contributed by atoms with van der Waals surface area (Å²) in [6.07, 6.45) is 0. The summed E-state index contributed by atoms with van der Waals surface area (Å²) in [5.41, 5.74) is 0.680. The number of benzene rings is 2. The molecule has 0 radical (unpaired) electrons. The maximum atomic E-state index is 13.4. The average molecular weight is 320 g/mol. The lowest BCUT2D eigenvalue weighted by Crippen LogP contribution is -2.08. The van der Waals surface area contributed by atoms with Crippen LogP contribution in [0, 0.1) is 17.5 Å².